The van der Waals surface area contributed by atoms with Crippen molar-refractivity contribution in [3.8, 4) is 0 Å². The number of aromatic nitrogens is 2. The van der Waals surface area contributed by atoms with Crippen LogP contribution in [0, 0.1) is 13.8 Å². The lowest BCUT2D eigenvalue weighted by molar-refractivity contribution is 0.463. The first-order valence-electron chi connectivity index (χ1n) is 6.93. The monoisotopic (exact) mass is 335 g/mol. The lowest BCUT2D eigenvalue weighted by Gasteiger charge is -2.26. The number of aryl methyl sites for hydroxylation is 3. The van der Waals surface area contributed by atoms with Crippen LogP contribution < -0.4 is 5.73 Å². The zero-order valence-electron chi connectivity index (χ0n) is 12.6. The van der Waals surface area contributed by atoms with E-state index in [1.165, 1.54) is 5.56 Å². The molecule has 2 rings (SSSR count). The van der Waals surface area contributed by atoms with Gasteiger partial charge in [0.1, 0.15) is 0 Å². The summed E-state index contributed by atoms with van der Waals surface area (Å²) in [6, 6.07) is 8.45. The molecule has 1 aromatic carbocycles. The van der Waals surface area contributed by atoms with Crippen LogP contribution in [0.3, 0.4) is 0 Å². The van der Waals surface area contributed by atoms with Crippen molar-refractivity contribution in [3.05, 3.63) is 51.3 Å². The van der Waals surface area contributed by atoms with E-state index in [1.807, 2.05) is 11.6 Å². The molecule has 0 fully saturated rings. The third kappa shape index (κ3) is 2.96. The van der Waals surface area contributed by atoms with Crippen molar-refractivity contribution in [2.45, 2.75) is 46.2 Å². The third-order valence-corrected chi connectivity index (χ3v) is 4.73. The summed E-state index contributed by atoms with van der Waals surface area (Å²) < 4.78 is 3.10. The van der Waals surface area contributed by atoms with Gasteiger partial charge in [-0.05, 0) is 49.2 Å². The highest BCUT2D eigenvalue weighted by Crippen LogP contribution is 2.29. The molecule has 1 heterocycles. The van der Waals surface area contributed by atoms with Crippen LogP contribution in [0.15, 0.2) is 28.7 Å². The Hall–Kier alpha value is -1.13. The topological polar surface area (TPSA) is 43.8 Å². The highest BCUT2D eigenvalue weighted by Gasteiger charge is 2.25. The quantitative estimate of drug-likeness (QED) is 0.925. The molecule has 0 aliphatic rings. The molecule has 0 radical (unpaired) electrons. The Morgan fingerprint density at radius 3 is 2.40 bits per heavy atom. The molecule has 0 saturated heterocycles. The lowest BCUT2D eigenvalue weighted by Crippen LogP contribution is -2.36. The van der Waals surface area contributed by atoms with E-state index in [0.29, 0.717) is 0 Å². The summed E-state index contributed by atoms with van der Waals surface area (Å²) in [6.45, 7) is 9.13. The molecule has 0 aliphatic heterocycles. The van der Waals surface area contributed by atoms with Gasteiger partial charge in [0.05, 0.1) is 15.9 Å². The summed E-state index contributed by atoms with van der Waals surface area (Å²) in [4.78, 5) is 0. The molecule has 2 aromatic rings. The first-order chi connectivity index (χ1) is 9.35. The SMILES string of the molecule is CCn1nc(C)c(Br)c1CC(C)(N)c1ccc(C)cc1. The maximum absolute atomic E-state index is 6.56. The predicted molar refractivity (Wildman–Crippen MR) is 86.8 cm³/mol. The van der Waals surface area contributed by atoms with Crippen LogP contribution in [0.5, 0.6) is 0 Å². The normalized spacial score (nSPS) is 14.3. The van der Waals surface area contributed by atoms with Gasteiger partial charge in [-0.2, -0.15) is 5.10 Å². The molecule has 0 spiro atoms. The first-order valence-corrected chi connectivity index (χ1v) is 7.72. The van der Waals surface area contributed by atoms with Crippen molar-refractivity contribution >= 4 is 15.9 Å². The number of hydrogen-bond donors (Lipinski definition) is 1. The molecule has 1 atom stereocenters. The van der Waals surface area contributed by atoms with Gasteiger partial charge >= 0.3 is 0 Å². The lowest BCUT2D eigenvalue weighted by atomic mass is 9.88. The van der Waals surface area contributed by atoms with E-state index >= 15 is 0 Å². The van der Waals surface area contributed by atoms with E-state index < -0.39 is 5.54 Å². The third-order valence-electron chi connectivity index (χ3n) is 3.70. The van der Waals surface area contributed by atoms with E-state index in [4.69, 9.17) is 5.73 Å². The molecule has 0 aliphatic carbocycles. The van der Waals surface area contributed by atoms with Crippen LogP contribution in [0.1, 0.15) is 36.4 Å². The van der Waals surface area contributed by atoms with Crippen molar-refractivity contribution in [3.63, 3.8) is 0 Å². The van der Waals surface area contributed by atoms with E-state index in [0.717, 1.165) is 34.4 Å². The summed E-state index contributed by atoms with van der Waals surface area (Å²) in [5.41, 5.74) is 10.7. The standard InChI is InChI=1S/C16H22BrN3/c1-5-20-14(15(17)12(3)19-20)10-16(4,18)13-8-6-11(2)7-9-13/h6-9H,5,10,18H2,1-4H3. The Morgan fingerprint density at radius 1 is 1.25 bits per heavy atom. The Morgan fingerprint density at radius 2 is 1.85 bits per heavy atom. The molecule has 1 unspecified atom stereocenters. The van der Waals surface area contributed by atoms with Gasteiger partial charge in [-0.25, -0.2) is 0 Å². The Kier molecular flexibility index (Phi) is 4.35. The smallest absolute Gasteiger partial charge is 0.0738 e. The van der Waals surface area contributed by atoms with Crippen LogP contribution in [0.2, 0.25) is 0 Å². The van der Waals surface area contributed by atoms with Gasteiger partial charge in [-0.3, -0.25) is 4.68 Å². The Bertz CT molecular complexity index is 597. The molecule has 1 aromatic heterocycles. The van der Waals surface area contributed by atoms with Crippen molar-refractivity contribution in [1.82, 2.24) is 9.78 Å². The number of halogens is 1. The second-order valence-corrected chi connectivity index (χ2v) is 6.42. The molecular formula is C16H22BrN3. The van der Waals surface area contributed by atoms with Crippen LogP contribution >= 0.6 is 15.9 Å². The molecule has 20 heavy (non-hydrogen) atoms. The molecule has 0 saturated carbocycles. The predicted octanol–water partition coefficient (Wildman–Crippen LogP) is 3.70. The maximum atomic E-state index is 6.56. The van der Waals surface area contributed by atoms with E-state index in [9.17, 15) is 0 Å². The summed E-state index contributed by atoms with van der Waals surface area (Å²) in [7, 11) is 0. The average Bonchev–Trinajstić information content (AvgIpc) is 2.66. The Labute approximate surface area is 129 Å². The van der Waals surface area contributed by atoms with Gasteiger partial charge in [-0.1, -0.05) is 29.8 Å². The van der Waals surface area contributed by atoms with E-state index in [2.05, 4.69) is 66.1 Å². The molecule has 4 heteroatoms. The molecule has 0 bridgehead atoms. The number of rotatable bonds is 4. The van der Waals surface area contributed by atoms with Crippen molar-refractivity contribution < 1.29 is 0 Å². The summed E-state index contributed by atoms with van der Waals surface area (Å²) in [6.07, 6.45) is 0.755. The largest absolute Gasteiger partial charge is 0.321 e. The average molecular weight is 336 g/mol. The Balaban J connectivity index is 2.35. The van der Waals surface area contributed by atoms with Crippen LogP contribution in [0.4, 0.5) is 0 Å². The highest BCUT2D eigenvalue weighted by molar-refractivity contribution is 9.10. The van der Waals surface area contributed by atoms with Gasteiger partial charge in [0.2, 0.25) is 0 Å². The highest BCUT2D eigenvalue weighted by atomic mass is 79.9. The summed E-state index contributed by atoms with van der Waals surface area (Å²) in [5.74, 6) is 0. The minimum absolute atomic E-state index is 0.407. The second kappa shape index (κ2) is 5.70. The van der Waals surface area contributed by atoms with Gasteiger partial charge in [0.25, 0.3) is 0 Å². The first kappa shape index (κ1) is 15.3. The second-order valence-electron chi connectivity index (χ2n) is 5.62. The van der Waals surface area contributed by atoms with Gasteiger partial charge in [0.15, 0.2) is 0 Å². The molecule has 2 N–H and O–H groups in total. The van der Waals surface area contributed by atoms with Crippen molar-refractivity contribution in [2.24, 2.45) is 5.73 Å². The van der Waals surface area contributed by atoms with Gasteiger partial charge in [0, 0.05) is 18.5 Å². The minimum atomic E-state index is -0.407. The van der Waals surface area contributed by atoms with Crippen LogP contribution in [0.25, 0.3) is 0 Å². The number of nitrogens with two attached hydrogens (primary N) is 1. The minimum Gasteiger partial charge on any atom is -0.321 e. The number of benzene rings is 1. The zero-order chi connectivity index (χ0) is 14.9. The van der Waals surface area contributed by atoms with Gasteiger partial charge < -0.3 is 5.73 Å². The maximum Gasteiger partial charge on any atom is 0.0738 e. The fraction of sp³-hybridized carbons (Fsp3) is 0.438. The van der Waals surface area contributed by atoms with Gasteiger partial charge in [-0.15, -0.1) is 0 Å². The molecule has 3 nitrogen and oxygen atoms in total. The molecule has 0 amide bonds. The van der Waals surface area contributed by atoms with Crippen LogP contribution in [-0.2, 0) is 18.5 Å². The van der Waals surface area contributed by atoms with Crippen molar-refractivity contribution in [2.75, 3.05) is 0 Å². The zero-order valence-corrected chi connectivity index (χ0v) is 14.2. The number of nitrogens with zero attached hydrogens (tertiary/aromatic N) is 2. The molecular weight excluding hydrogens is 314 g/mol. The van der Waals surface area contributed by atoms with Crippen molar-refractivity contribution in [1.29, 1.82) is 0 Å². The summed E-state index contributed by atoms with van der Waals surface area (Å²) in [5, 5.41) is 4.53. The summed E-state index contributed by atoms with van der Waals surface area (Å²) >= 11 is 3.64. The molecule has 108 valence electrons. The number of hydrogen-bond acceptors (Lipinski definition) is 2. The fourth-order valence-electron chi connectivity index (χ4n) is 2.42. The fourth-order valence-corrected chi connectivity index (χ4v) is 2.85. The van der Waals surface area contributed by atoms with E-state index in [-0.39, 0.29) is 0 Å². The van der Waals surface area contributed by atoms with E-state index in [1.54, 1.807) is 0 Å². The van der Waals surface area contributed by atoms with Crippen LogP contribution in [-0.4, -0.2) is 9.78 Å².